The molecule has 0 aromatic heterocycles. The van der Waals surface area contributed by atoms with Gasteiger partial charge < -0.3 is 9.47 Å². The minimum absolute atomic E-state index is 0.0719. The first-order valence-electron chi connectivity index (χ1n) is 5.37. The van der Waals surface area contributed by atoms with Gasteiger partial charge >= 0.3 is 11.9 Å². The maximum absolute atomic E-state index is 11.5. The number of hydrogen-bond acceptors (Lipinski definition) is 5. The predicted octanol–water partition coefficient (Wildman–Crippen LogP) is 0.852. The Kier molecular flexibility index (Phi) is 4.04. The normalized spacial score (nSPS) is 24.0. The van der Waals surface area contributed by atoms with E-state index in [2.05, 4.69) is 0 Å². The molecule has 1 rings (SSSR count). The fourth-order valence-electron chi connectivity index (χ4n) is 1.83. The summed E-state index contributed by atoms with van der Waals surface area (Å²) in [6, 6.07) is 0. The van der Waals surface area contributed by atoms with Gasteiger partial charge in [-0.25, -0.2) is 0 Å². The molecular formula is C11H16O5. The van der Waals surface area contributed by atoms with Crippen molar-refractivity contribution in [1.29, 1.82) is 0 Å². The van der Waals surface area contributed by atoms with Gasteiger partial charge in [-0.1, -0.05) is 0 Å². The number of ketones is 1. The summed E-state index contributed by atoms with van der Waals surface area (Å²) in [7, 11) is 0. The molecule has 0 saturated carbocycles. The number of carbonyl (C=O) groups excluding carboxylic acids is 3. The van der Waals surface area contributed by atoms with Crippen molar-refractivity contribution in [2.24, 2.45) is 5.41 Å². The van der Waals surface area contributed by atoms with Crippen LogP contribution in [0, 0.1) is 5.41 Å². The average molecular weight is 228 g/mol. The van der Waals surface area contributed by atoms with Gasteiger partial charge in [-0.3, -0.25) is 14.4 Å². The second-order valence-corrected chi connectivity index (χ2v) is 3.83. The van der Waals surface area contributed by atoms with Crippen molar-refractivity contribution in [3.63, 3.8) is 0 Å². The van der Waals surface area contributed by atoms with E-state index >= 15 is 0 Å². The van der Waals surface area contributed by atoms with E-state index in [4.69, 9.17) is 9.47 Å². The van der Waals surface area contributed by atoms with E-state index in [-0.39, 0.29) is 31.2 Å². The van der Waals surface area contributed by atoms with Crippen LogP contribution < -0.4 is 0 Å². The lowest BCUT2D eigenvalue weighted by atomic mass is 9.78. The van der Waals surface area contributed by atoms with Crippen LogP contribution in [-0.2, 0) is 23.9 Å². The van der Waals surface area contributed by atoms with Gasteiger partial charge in [-0.2, -0.15) is 0 Å². The number of esters is 2. The third-order valence-corrected chi connectivity index (χ3v) is 2.89. The van der Waals surface area contributed by atoms with E-state index in [1.165, 1.54) is 6.92 Å². The van der Waals surface area contributed by atoms with Gasteiger partial charge in [0, 0.05) is 12.8 Å². The Bertz CT molecular complexity index is 309. The molecule has 16 heavy (non-hydrogen) atoms. The highest BCUT2D eigenvalue weighted by molar-refractivity contribution is 6.03. The lowest BCUT2D eigenvalue weighted by molar-refractivity contribution is -0.152. The monoisotopic (exact) mass is 228 g/mol. The number of carbonyl (C=O) groups is 3. The molecule has 1 atom stereocenters. The van der Waals surface area contributed by atoms with Gasteiger partial charge in [-0.05, 0) is 20.3 Å². The van der Waals surface area contributed by atoms with Gasteiger partial charge in [-0.15, -0.1) is 0 Å². The highest BCUT2D eigenvalue weighted by Gasteiger charge is 2.48. The van der Waals surface area contributed by atoms with Gasteiger partial charge in [0.05, 0.1) is 13.2 Å². The predicted molar refractivity (Wildman–Crippen MR) is 54.6 cm³/mol. The van der Waals surface area contributed by atoms with Gasteiger partial charge in [0.25, 0.3) is 0 Å². The molecule has 1 heterocycles. The molecule has 0 N–H and O–H groups in total. The number of Topliss-reactive ketones (excluding diaryl/α,β-unsaturated/α-hetero) is 1. The minimum atomic E-state index is -1.12. The zero-order chi connectivity index (χ0) is 12.2. The quantitative estimate of drug-likeness (QED) is 0.515. The van der Waals surface area contributed by atoms with Crippen LogP contribution >= 0.6 is 0 Å². The molecule has 0 bridgehead atoms. The molecule has 1 saturated heterocycles. The number of cyclic esters (lactones) is 1. The summed E-state index contributed by atoms with van der Waals surface area (Å²) in [6.45, 7) is 3.62. The summed E-state index contributed by atoms with van der Waals surface area (Å²) >= 11 is 0. The van der Waals surface area contributed by atoms with Crippen molar-refractivity contribution in [3.05, 3.63) is 0 Å². The van der Waals surface area contributed by atoms with Crippen molar-refractivity contribution in [2.45, 2.75) is 33.1 Å². The summed E-state index contributed by atoms with van der Waals surface area (Å²) < 4.78 is 9.57. The van der Waals surface area contributed by atoms with Crippen LogP contribution in [0.5, 0.6) is 0 Å². The summed E-state index contributed by atoms with van der Waals surface area (Å²) in [4.78, 5) is 34.2. The largest absolute Gasteiger partial charge is 0.466 e. The minimum Gasteiger partial charge on any atom is -0.466 e. The first-order valence-corrected chi connectivity index (χ1v) is 5.37. The lowest BCUT2D eigenvalue weighted by Crippen LogP contribution is -2.34. The third-order valence-electron chi connectivity index (χ3n) is 2.89. The van der Waals surface area contributed by atoms with Crippen molar-refractivity contribution < 1.29 is 23.9 Å². The van der Waals surface area contributed by atoms with Crippen LogP contribution in [0.4, 0.5) is 0 Å². The Morgan fingerprint density at radius 1 is 1.50 bits per heavy atom. The first kappa shape index (κ1) is 12.7. The summed E-state index contributed by atoms with van der Waals surface area (Å²) in [5.41, 5.74) is -1.12. The van der Waals surface area contributed by atoms with E-state index in [0.29, 0.717) is 13.0 Å². The van der Waals surface area contributed by atoms with E-state index in [1.54, 1.807) is 6.92 Å². The van der Waals surface area contributed by atoms with Gasteiger partial charge in [0.1, 0.15) is 11.2 Å². The van der Waals surface area contributed by atoms with Gasteiger partial charge in [0.2, 0.25) is 0 Å². The molecule has 0 amide bonds. The van der Waals surface area contributed by atoms with E-state index in [1.807, 2.05) is 0 Å². The fraction of sp³-hybridized carbons (Fsp3) is 0.727. The molecule has 0 spiro atoms. The van der Waals surface area contributed by atoms with Crippen LogP contribution in [0.3, 0.4) is 0 Å². The maximum Gasteiger partial charge on any atom is 0.319 e. The van der Waals surface area contributed by atoms with Gasteiger partial charge in [0.15, 0.2) is 0 Å². The summed E-state index contributed by atoms with van der Waals surface area (Å²) in [6.07, 6.45) is 0.614. The van der Waals surface area contributed by atoms with E-state index in [0.717, 1.165) is 0 Å². The number of ether oxygens (including phenoxy) is 2. The molecule has 0 aliphatic carbocycles. The van der Waals surface area contributed by atoms with Crippen LogP contribution in [0.15, 0.2) is 0 Å². The van der Waals surface area contributed by atoms with Crippen LogP contribution in [0.1, 0.15) is 33.1 Å². The highest BCUT2D eigenvalue weighted by Crippen LogP contribution is 2.36. The second kappa shape index (κ2) is 5.09. The molecule has 1 aliphatic heterocycles. The second-order valence-electron chi connectivity index (χ2n) is 3.83. The molecule has 90 valence electrons. The summed E-state index contributed by atoms with van der Waals surface area (Å²) in [5.74, 6) is -1.13. The zero-order valence-electron chi connectivity index (χ0n) is 9.58. The fourth-order valence-corrected chi connectivity index (χ4v) is 1.83. The van der Waals surface area contributed by atoms with Crippen LogP contribution in [0.25, 0.3) is 0 Å². The molecule has 5 nitrogen and oxygen atoms in total. The number of rotatable bonds is 5. The Balaban J connectivity index is 2.63. The number of hydrogen-bond donors (Lipinski definition) is 0. The molecular weight excluding hydrogens is 212 g/mol. The molecule has 1 fully saturated rings. The molecule has 0 radical (unpaired) electrons. The molecule has 0 aromatic carbocycles. The molecule has 5 heteroatoms. The Hall–Kier alpha value is -1.39. The van der Waals surface area contributed by atoms with E-state index in [9.17, 15) is 14.4 Å². The Morgan fingerprint density at radius 3 is 2.62 bits per heavy atom. The first-order chi connectivity index (χ1) is 7.53. The Labute approximate surface area is 94.1 Å². The van der Waals surface area contributed by atoms with Crippen LogP contribution in [0.2, 0.25) is 0 Å². The average Bonchev–Trinajstić information content (AvgIpc) is 2.58. The molecule has 1 unspecified atom stereocenters. The lowest BCUT2D eigenvalue weighted by Gasteiger charge is -2.20. The zero-order valence-corrected chi connectivity index (χ0v) is 9.58. The van der Waals surface area contributed by atoms with Crippen molar-refractivity contribution >= 4 is 17.7 Å². The summed E-state index contributed by atoms with van der Waals surface area (Å²) in [5, 5.41) is 0. The van der Waals surface area contributed by atoms with Crippen molar-refractivity contribution in [1.82, 2.24) is 0 Å². The molecule has 1 aliphatic rings. The Morgan fingerprint density at radius 2 is 2.19 bits per heavy atom. The molecule has 0 aromatic rings. The smallest absolute Gasteiger partial charge is 0.319 e. The standard InChI is InChI=1S/C11H16O5/c1-3-15-9(13)4-5-11(8(2)12)6-7-16-10(11)14/h3-7H2,1-2H3. The van der Waals surface area contributed by atoms with Crippen molar-refractivity contribution in [3.8, 4) is 0 Å². The third kappa shape index (κ3) is 2.40. The van der Waals surface area contributed by atoms with Crippen LogP contribution in [-0.4, -0.2) is 30.9 Å². The SMILES string of the molecule is CCOC(=O)CCC1(C(C)=O)CCOC1=O. The topological polar surface area (TPSA) is 69.7 Å². The van der Waals surface area contributed by atoms with E-state index < -0.39 is 11.4 Å². The van der Waals surface area contributed by atoms with Crippen molar-refractivity contribution in [2.75, 3.05) is 13.2 Å². The highest BCUT2D eigenvalue weighted by atomic mass is 16.5. The maximum atomic E-state index is 11.5.